The highest BCUT2D eigenvalue weighted by Crippen LogP contribution is 2.33. The summed E-state index contributed by atoms with van der Waals surface area (Å²) in [5.74, 6) is -0.750. The first-order valence-corrected chi connectivity index (χ1v) is 11.5. The van der Waals surface area contributed by atoms with Crippen LogP contribution in [0.5, 0.6) is 0 Å². The lowest BCUT2D eigenvalue weighted by atomic mass is 9.84. The molecule has 3 rings (SSSR count). The van der Waals surface area contributed by atoms with Crippen LogP contribution < -0.4 is 0 Å². The predicted molar refractivity (Wildman–Crippen MR) is 128 cm³/mol. The number of hydrogen-bond donors (Lipinski definition) is 0. The van der Waals surface area contributed by atoms with Gasteiger partial charge in [-0.3, -0.25) is 14.4 Å². The van der Waals surface area contributed by atoms with Gasteiger partial charge >= 0.3 is 5.97 Å². The lowest BCUT2D eigenvalue weighted by molar-refractivity contribution is -0.166. The van der Waals surface area contributed by atoms with Gasteiger partial charge in [0.15, 0.2) is 0 Å². The van der Waals surface area contributed by atoms with Gasteiger partial charge in [0.05, 0.1) is 13.0 Å². The molecule has 6 heteroatoms. The zero-order valence-electron chi connectivity index (χ0n) is 20.3. The fourth-order valence-corrected chi connectivity index (χ4v) is 4.56. The summed E-state index contributed by atoms with van der Waals surface area (Å²) in [5.41, 5.74) is 4.21. The average molecular weight is 451 g/mol. The SMILES string of the molecule is CCOC(=O)CN(Cc1cccc(C)c1)C(=O)C1(C)CCN1C(=O)Cc1cc(C)cc(C)c1. The number of likely N-dealkylation sites (tertiary alicyclic amines) is 1. The Kier molecular flexibility index (Phi) is 7.57. The van der Waals surface area contributed by atoms with Crippen molar-refractivity contribution in [3.63, 3.8) is 0 Å². The molecule has 0 spiro atoms. The molecule has 1 unspecified atom stereocenters. The summed E-state index contributed by atoms with van der Waals surface area (Å²) in [6.45, 7) is 10.5. The molecule has 0 N–H and O–H groups in total. The van der Waals surface area contributed by atoms with Gasteiger partial charge in [0.1, 0.15) is 12.1 Å². The number of hydrogen-bond acceptors (Lipinski definition) is 4. The Bertz CT molecular complexity index is 1030. The highest BCUT2D eigenvalue weighted by atomic mass is 16.5. The minimum atomic E-state index is -0.966. The van der Waals surface area contributed by atoms with E-state index in [1.54, 1.807) is 18.7 Å². The maximum Gasteiger partial charge on any atom is 0.325 e. The van der Waals surface area contributed by atoms with Crippen molar-refractivity contribution in [2.24, 2.45) is 0 Å². The summed E-state index contributed by atoms with van der Waals surface area (Å²) in [7, 11) is 0. The van der Waals surface area contributed by atoms with Gasteiger partial charge in [-0.05, 0) is 52.2 Å². The van der Waals surface area contributed by atoms with E-state index in [0.29, 0.717) is 13.0 Å². The number of carbonyl (C=O) groups excluding carboxylic acids is 3. The smallest absolute Gasteiger partial charge is 0.325 e. The average Bonchev–Trinajstić information content (AvgIpc) is 2.70. The molecule has 6 nitrogen and oxygen atoms in total. The molecule has 1 heterocycles. The molecule has 176 valence electrons. The summed E-state index contributed by atoms with van der Waals surface area (Å²) in [4.78, 5) is 42.3. The van der Waals surface area contributed by atoms with Gasteiger partial charge in [0, 0.05) is 13.1 Å². The molecule has 1 aliphatic rings. The van der Waals surface area contributed by atoms with E-state index in [4.69, 9.17) is 4.74 Å². The van der Waals surface area contributed by atoms with Crippen molar-refractivity contribution in [1.29, 1.82) is 0 Å². The standard InChI is InChI=1S/C27H34N2O4/c1-6-33-25(31)18-28(17-22-9-7-8-19(2)13-22)26(32)27(5)10-11-29(27)24(30)16-23-14-20(3)12-21(4)15-23/h7-9,12-15H,6,10-11,16-18H2,1-5H3. The minimum absolute atomic E-state index is 0.0752. The second kappa shape index (κ2) is 10.2. The highest BCUT2D eigenvalue weighted by Gasteiger charge is 2.51. The van der Waals surface area contributed by atoms with E-state index in [1.807, 2.05) is 57.2 Å². The molecule has 2 amide bonds. The van der Waals surface area contributed by atoms with Crippen molar-refractivity contribution in [2.75, 3.05) is 19.7 Å². The molecule has 1 fully saturated rings. The maximum absolute atomic E-state index is 13.7. The Balaban J connectivity index is 1.79. The summed E-state index contributed by atoms with van der Waals surface area (Å²) in [6.07, 6.45) is 0.818. The van der Waals surface area contributed by atoms with Crippen LogP contribution >= 0.6 is 0 Å². The van der Waals surface area contributed by atoms with Crippen LogP contribution in [0.1, 0.15) is 48.1 Å². The summed E-state index contributed by atoms with van der Waals surface area (Å²) >= 11 is 0. The van der Waals surface area contributed by atoms with E-state index >= 15 is 0 Å². The van der Waals surface area contributed by atoms with Crippen LogP contribution in [-0.2, 0) is 32.1 Å². The van der Waals surface area contributed by atoms with Gasteiger partial charge < -0.3 is 14.5 Å². The molecule has 33 heavy (non-hydrogen) atoms. The van der Waals surface area contributed by atoms with Crippen molar-refractivity contribution < 1.29 is 19.1 Å². The molecule has 2 aromatic rings. The van der Waals surface area contributed by atoms with Gasteiger partial charge in [-0.15, -0.1) is 0 Å². The molecule has 0 radical (unpaired) electrons. The molecule has 0 saturated carbocycles. The normalized spacial score (nSPS) is 17.3. The zero-order valence-corrected chi connectivity index (χ0v) is 20.3. The van der Waals surface area contributed by atoms with Gasteiger partial charge in [0.2, 0.25) is 11.8 Å². The molecule has 0 aliphatic carbocycles. The Hall–Kier alpha value is -3.15. The van der Waals surface area contributed by atoms with Crippen LogP contribution in [-0.4, -0.2) is 52.8 Å². The van der Waals surface area contributed by atoms with E-state index in [-0.39, 0.29) is 37.9 Å². The van der Waals surface area contributed by atoms with Crippen LogP contribution in [0.15, 0.2) is 42.5 Å². The third-order valence-electron chi connectivity index (χ3n) is 6.18. The Morgan fingerprint density at radius 3 is 2.24 bits per heavy atom. The van der Waals surface area contributed by atoms with E-state index in [0.717, 1.165) is 27.8 Å². The molecule has 1 aliphatic heterocycles. The van der Waals surface area contributed by atoms with Crippen molar-refractivity contribution in [3.05, 3.63) is 70.3 Å². The van der Waals surface area contributed by atoms with Crippen LogP contribution in [0.2, 0.25) is 0 Å². The lowest BCUT2D eigenvalue weighted by Gasteiger charge is -2.51. The fraction of sp³-hybridized carbons (Fsp3) is 0.444. The van der Waals surface area contributed by atoms with Gasteiger partial charge in [-0.1, -0.05) is 59.2 Å². The fourth-order valence-electron chi connectivity index (χ4n) is 4.56. The van der Waals surface area contributed by atoms with E-state index in [1.165, 1.54) is 4.90 Å². The first-order valence-electron chi connectivity index (χ1n) is 11.5. The van der Waals surface area contributed by atoms with E-state index in [2.05, 4.69) is 6.07 Å². The number of amides is 2. The Labute approximate surface area is 196 Å². The number of benzene rings is 2. The summed E-state index contributed by atoms with van der Waals surface area (Å²) in [5, 5.41) is 0. The molecule has 2 aromatic carbocycles. The summed E-state index contributed by atoms with van der Waals surface area (Å²) in [6, 6.07) is 13.9. The van der Waals surface area contributed by atoms with Gasteiger partial charge in [-0.25, -0.2) is 0 Å². The number of carbonyl (C=O) groups is 3. The van der Waals surface area contributed by atoms with Gasteiger partial charge in [0.25, 0.3) is 0 Å². The predicted octanol–water partition coefficient (Wildman–Crippen LogP) is 3.74. The number of aryl methyl sites for hydroxylation is 3. The molecule has 0 aromatic heterocycles. The molecule has 1 saturated heterocycles. The number of rotatable bonds is 8. The molecular weight excluding hydrogens is 416 g/mol. The molecule has 0 bridgehead atoms. The number of esters is 1. The Morgan fingerprint density at radius 1 is 1.00 bits per heavy atom. The van der Waals surface area contributed by atoms with Crippen molar-refractivity contribution in [3.8, 4) is 0 Å². The number of ether oxygens (including phenoxy) is 1. The molecular formula is C27H34N2O4. The van der Waals surface area contributed by atoms with Crippen LogP contribution in [0.25, 0.3) is 0 Å². The second-order valence-electron chi connectivity index (χ2n) is 9.20. The largest absolute Gasteiger partial charge is 0.465 e. The summed E-state index contributed by atoms with van der Waals surface area (Å²) < 4.78 is 5.11. The topological polar surface area (TPSA) is 66.9 Å². The van der Waals surface area contributed by atoms with Crippen LogP contribution in [0, 0.1) is 20.8 Å². The quantitative estimate of drug-likeness (QED) is 0.575. The third-order valence-corrected chi connectivity index (χ3v) is 6.18. The van der Waals surface area contributed by atoms with E-state index < -0.39 is 11.5 Å². The third kappa shape index (κ3) is 5.81. The van der Waals surface area contributed by atoms with Crippen molar-refractivity contribution in [1.82, 2.24) is 9.80 Å². The van der Waals surface area contributed by atoms with Crippen molar-refractivity contribution >= 4 is 17.8 Å². The Morgan fingerprint density at radius 2 is 1.67 bits per heavy atom. The van der Waals surface area contributed by atoms with E-state index in [9.17, 15) is 14.4 Å². The highest BCUT2D eigenvalue weighted by molar-refractivity contribution is 5.95. The monoisotopic (exact) mass is 450 g/mol. The maximum atomic E-state index is 13.7. The first-order chi connectivity index (χ1) is 15.6. The number of nitrogens with zero attached hydrogens (tertiary/aromatic N) is 2. The van der Waals surface area contributed by atoms with Crippen molar-refractivity contribution in [2.45, 2.75) is 59.5 Å². The van der Waals surface area contributed by atoms with Crippen LogP contribution in [0.3, 0.4) is 0 Å². The molecule has 1 atom stereocenters. The second-order valence-corrected chi connectivity index (χ2v) is 9.20. The van der Waals surface area contributed by atoms with Crippen LogP contribution in [0.4, 0.5) is 0 Å². The zero-order chi connectivity index (χ0) is 24.2. The first kappa shape index (κ1) is 24.5. The minimum Gasteiger partial charge on any atom is -0.465 e. The lowest BCUT2D eigenvalue weighted by Crippen LogP contribution is -2.68. The van der Waals surface area contributed by atoms with Gasteiger partial charge in [-0.2, -0.15) is 0 Å².